The monoisotopic (exact) mass is 251 g/mol. The third kappa shape index (κ3) is 4.00. The average molecular weight is 251 g/mol. The molecule has 2 N–H and O–H groups in total. The van der Waals surface area contributed by atoms with Gasteiger partial charge in [-0.05, 0) is 12.8 Å². The molecule has 1 aromatic rings. The summed E-state index contributed by atoms with van der Waals surface area (Å²) in [6, 6.07) is 0. The maximum atomic E-state index is 10.8. The lowest BCUT2D eigenvalue weighted by Gasteiger charge is -2.02. The van der Waals surface area contributed by atoms with Crippen LogP contribution in [0.4, 0.5) is 0 Å². The molecule has 0 spiro atoms. The van der Waals surface area contributed by atoms with Crippen molar-refractivity contribution in [3.05, 3.63) is 29.1 Å². The number of aliphatic carboxylic acids is 1. The highest BCUT2D eigenvalue weighted by molar-refractivity contribution is 5.86. The molecular weight excluding hydrogens is 230 g/mol. The highest BCUT2D eigenvalue weighted by Gasteiger charge is 2.05. The number of nitrogens with one attached hydrogen (secondary N) is 1. The van der Waals surface area contributed by atoms with Crippen LogP contribution in [0.2, 0.25) is 0 Å². The van der Waals surface area contributed by atoms with Gasteiger partial charge in [-0.2, -0.15) is 5.10 Å². The number of carbonyl (C=O) groups is 1. The van der Waals surface area contributed by atoms with Gasteiger partial charge in [0.15, 0.2) is 0 Å². The summed E-state index contributed by atoms with van der Waals surface area (Å²) in [5.41, 5.74) is 2.70. The summed E-state index contributed by atoms with van der Waals surface area (Å²) in [7, 11) is 1.90. The fourth-order valence-electron chi connectivity index (χ4n) is 1.81. The predicted octanol–water partition coefficient (Wildman–Crippen LogP) is 1.49. The third-order valence-corrected chi connectivity index (χ3v) is 2.79. The summed E-state index contributed by atoms with van der Waals surface area (Å²) in [6.45, 7) is 5.19. The summed E-state index contributed by atoms with van der Waals surface area (Å²) < 4.78 is 1.81. The molecule has 100 valence electrons. The molecule has 0 saturated carbocycles. The van der Waals surface area contributed by atoms with Gasteiger partial charge >= 0.3 is 5.97 Å². The van der Waals surface area contributed by atoms with Gasteiger partial charge in [-0.15, -0.1) is 0 Å². The van der Waals surface area contributed by atoms with Crippen molar-refractivity contribution >= 4 is 5.97 Å². The van der Waals surface area contributed by atoms with E-state index in [9.17, 15) is 4.79 Å². The minimum atomic E-state index is -0.838. The lowest BCUT2D eigenvalue weighted by atomic mass is 10.2. The SMILES string of the molecule is CCC(=CCNCc1cn(C)nc1CC)C(=O)O. The van der Waals surface area contributed by atoms with Crippen molar-refractivity contribution in [3.63, 3.8) is 0 Å². The van der Waals surface area contributed by atoms with Crippen LogP contribution in [-0.2, 0) is 24.8 Å². The number of nitrogens with zero attached hydrogens (tertiary/aromatic N) is 2. The molecule has 5 nitrogen and oxygen atoms in total. The fourth-order valence-corrected chi connectivity index (χ4v) is 1.81. The van der Waals surface area contributed by atoms with Gasteiger partial charge in [0.05, 0.1) is 5.69 Å². The van der Waals surface area contributed by atoms with Gasteiger partial charge in [0, 0.05) is 37.5 Å². The highest BCUT2D eigenvalue weighted by atomic mass is 16.4. The van der Waals surface area contributed by atoms with E-state index in [4.69, 9.17) is 5.11 Å². The van der Waals surface area contributed by atoms with Crippen molar-refractivity contribution in [1.29, 1.82) is 0 Å². The van der Waals surface area contributed by atoms with E-state index in [0.29, 0.717) is 25.1 Å². The maximum absolute atomic E-state index is 10.8. The Balaban J connectivity index is 2.48. The third-order valence-electron chi connectivity index (χ3n) is 2.79. The summed E-state index contributed by atoms with van der Waals surface area (Å²) in [6.07, 6.45) is 5.17. The van der Waals surface area contributed by atoms with E-state index in [1.807, 2.05) is 20.2 Å². The zero-order chi connectivity index (χ0) is 13.5. The molecule has 0 fully saturated rings. The summed E-state index contributed by atoms with van der Waals surface area (Å²) in [5, 5.41) is 16.4. The van der Waals surface area contributed by atoms with Crippen LogP contribution in [0, 0.1) is 0 Å². The van der Waals surface area contributed by atoms with Crippen molar-refractivity contribution in [2.45, 2.75) is 33.2 Å². The van der Waals surface area contributed by atoms with Crippen LogP contribution in [0.15, 0.2) is 17.8 Å². The molecule has 0 aromatic carbocycles. The summed E-state index contributed by atoms with van der Waals surface area (Å²) in [5.74, 6) is -0.838. The van der Waals surface area contributed by atoms with Crippen molar-refractivity contribution in [2.24, 2.45) is 7.05 Å². The molecule has 0 bridgehead atoms. The molecule has 0 amide bonds. The van der Waals surface area contributed by atoms with Gasteiger partial charge in [-0.25, -0.2) is 4.79 Å². The Bertz CT molecular complexity index is 435. The lowest BCUT2D eigenvalue weighted by molar-refractivity contribution is -0.132. The first-order valence-corrected chi connectivity index (χ1v) is 6.22. The van der Waals surface area contributed by atoms with Crippen LogP contribution < -0.4 is 5.32 Å². The minimum Gasteiger partial charge on any atom is -0.478 e. The summed E-state index contributed by atoms with van der Waals surface area (Å²) >= 11 is 0. The first-order valence-electron chi connectivity index (χ1n) is 6.22. The van der Waals surface area contributed by atoms with Gasteiger partial charge in [0.1, 0.15) is 0 Å². The summed E-state index contributed by atoms with van der Waals surface area (Å²) in [4.78, 5) is 10.8. The van der Waals surface area contributed by atoms with Gasteiger partial charge in [0.2, 0.25) is 0 Å². The van der Waals surface area contributed by atoms with Gasteiger partial charge < -0.3 is 10.4 Å². The van der Waals surface area contributed by atoms with E-state index in [-0.39, 0.29) is 0 Å². The number of hydrogen-bond donors (Lipinski definition) is 2. The zero-order valence-corrected chi connectivity index (χ0v) is 11.2. The standard InChI is InChI=1S/C13H21N3O2/c1-4-10(13(17)18)6-7-14-8-11-9-16(3)15-12(11)5-2/h6,9,14H,4-5,7-8H2,1-3H3,(H,17,18). The minimum absolute atomic E-state index is 0.449. The second-order valence-electron chi connectivity index (χ2n) is 4.15. The first-order chi connectivity index (χ1) is 8.58. The van der Waals surface area contributed by atoms with Gasteiger partial charge in [-0.3, -0.25) is 4.68 Å². The highest BCUT2D eigenvalue weighted by Crippen LogP contribution is 2.06. The Morgan fingerprint density at radius 1 is 1.56 bits per heavy atom. The Hall–Kier alpha value is -1.62. The average Bonchev–Trinajstić information content (AvgIpc) is 2.69. The van der Waals surface area contributed by atoms with Crippen LogP contribution in [0.1, 0.15) is 31.5 Å². The molecule has 1 rings (SSSR count). The second kappa shape index (κ2) is 6.96. The van der Waals surface area contributed by atoms with E-state index in [1.54, 1.807) is 10.8 Å². The molecule has 0 aliphatic carbocycles. The van der Waals surface area contributed by atoms with Crippen molar-refractivity contribution in [1.82, 2.24) is 15.1 Å². The van der Waals surface area contributed by atoms with Crippen LogP contribution in [0.25, 0.3) is 0 Å². The van der Waals surface area contributed by atoms with Crippen LogP contribution in [0.5, 0.6) is 0 Å². The number of hydrogen-bond acceptors (Lipinski definition) is 3. The maximum Gasteiger partial charge on any atom is 0.331 e. The fraction of sp³-hybridized carbons (Fsp3) is 0.538. The molecule has 0 atom stereocenters. The lowest BCUT2D eigenvalue weighted by Crippen LogP contribution is -2.15. The number of aromatic nitrogens is 2. The normalized spacial score (nSPS) is 11.8. The number of rotatable bonds is 7. The molecule has 5 heteroatoms. The molecular formula is C13H21N3O2. The van der Waals surface area contributed by atoms with Crippen molar-refractivity contribution < 1.29 is 9.90 Å². The van der Waals surface area contributed by atoms with Crippen molar-refractivity contribution in [2.75, 3.05) is 6.54 Å². The van der Waals surface area contributed by atoms with Crippen LogP contribution in [0.3, 0.4) is 0 Å². The van der Waals surface area contributed by atoms with E-state index in [0.717, 1.165) is 12.1 Å². The van der Waals surface area contributed by atoms with E-state index in [2.05, 4.69) is 17.3 Å². The van der Waals surface area contributed by atoms with E-state index >= 15 is 0 Å². The van der Waals surface area contributed by atoms with Crippen molar-refractivity contribution in [3.8, 4) is 0 Å². The van der Waals surface area contributed by atoms with Gasteiger partial charge in [-0.1, -0.05) is 19.9 Å². The van der Waals surface area contributed by atoms with E-state index in [1.165, 1.54) is 5.56 Å². The predicted molar refractivity (Wildman–Crippen MR) is 70.3 cm³/mol. The molecule has 0 aliphatic rings. The first kappa shape index (κ1) is 14.4. The Labute approximate surface area is 108 Å². The molecule has 1 heterocycles. The van der Waals surface area contributed by atoms with Gasteiger partial charge in [0.25, 0.3) is 0 Å². The number of carboxylic acids is 1. The molecule has 1 aromatic heterocycles. The largest absolute Gasteiger partial charge is 0.478 e. The topological polar surface area (TPSA) is 67.2 Å². The Morgan fingerprint density at radius 2 is 2.28 bits per heavy atom. The second-order valence-corrected chi connectivity index (χ2v) is 4.15. The van der Waals surface area contributed by atoms with Crippen LogP contribution >= 0.6 is 0 Å². The Morgan fingerprint density at radius 3 is 2.83 bits per heavy atom. The zero-order valence-electron chi connectivity index (χ0n) is 11.2. The molecule has 18 heavy (non-hydrogen) atoms. The van der Waals surface area contributed by atoms with E-state index < -0.39 is 5.97 Å². The van der Waals surface area contributed by atoms with Crippen LogP contribution in [-0.4, -0.2) is 27.4 Å². The molecule has 0 radical (unpaired) electrons. The smallest absolute Gasteiger partial charge is 0.331 e. The number of aryl methyl sites for hydroxylation is 2. The quantitative estimate of drug-likeness (QED) is 0.569. The Kier molecular flexibility index (Phi) is 5.58. The molecule has 0 saturated heterocycles. The molecule has 0 aliphatic heterocycles. The number of carboxylic acid groups (broad SMARTS) is 1. The molecule has 0 unspecified atom stereocenters.